The Morgan fingerprint density at radius 2 is 1.59 bits per heavy atom. The summed E-state index contributed by atoms with van der Waals surface area (Å²) in [5.41, 5.74) is 6.12. The van der Waals surface area contributed by atoms with Gasteiger partial charge in [0.2, 0.25) is 0 Å². The number of likely N-dealkylation sites (N-methyl/N-ethyl adjacent to an activating group) is 1. The Morgan fingerprint density at radius 1 is 1.00 bits per heavy atom. The molecule has 2 aromatic heterocycles. The summed E-state index contributed by atoms with van der Waals surface area (Å²) in [7, 11) is 2.13. The number of hydrogen-bond acceptors (Lipinski definition) is 1. The number of aromatic nitrogens is 2. The van der Waals surface area contributed by atoms with Crippen LogP contribution >= 0.6 is 0 Å². The smallest absolute Gasteiger partial charge is 0.0539 e. The van der Waals surface area contributed by atoms with Crippen molar-refractivity contribution >= 4 is 23.5 Å². The first-order chi connectivity index (χ1) is 10.7. The van der Waals surface area contributed by atoms with Crippen LogP contribution in [0, 0.1) is 0 Å². The predicted octanol–water partition coefficient (Wildman–Crippen LogP) is 4.25. The van der Waals surface area contributed by atoms with Gasteiger partial charge in [0, 0.05) is 55.4 Å². The highest BCUT2D eigenvalue weighted by atomic mass is 15.1. The third-order valence-electron chi connectivity index (χ3n) is 4.24. The quantitative estimate of drug-likeness (QED) is 0.820. The topological polar surface area (TPSA) is 13.1 Å². The van der Waals surface area contributed by atoms with Crippen LogP contribution in [0.15, 0.2) is 61.6 Å². The van der Waals surface area contributed by atoms with Gasteiger partial charge in [-0.25, -0.2) is 0 Å². The molecule has 0 amide bonds. The second-order valence-electron chi connectivity index (χ2n) is 5.49. The predicted molar refractivity (Wildman–Crippen MR) is 94.8 cm³/mol. The van der Waals surface area contributed by atoms with Gasteiger partial charge in [-0.3, -0.25) is 0 Å². The summed E-state index contributed by atoms with van der Waals surface area (Å²) >= 11 is 0. The number of nitrogens with zero attached hydrogens (tertiary/aromatic N) is 3. The summed E-state index contributed by atoms with van der Waals surface area (Å²) in [6.45, 7) is 10.8. The summed E-state index contributed by atoms with van der Waals surface area (Å²) in [6, 6.07) is 8.35. The third kappa shape index (κ3) is 2.25. The fourth-order valence-corrected chi connectivity index (χ4v) is 2.92. The second-order valence-corrected chi connectivity index (χ2v) is 5.49. The Kier molecular flexibility index (Phi) is 3.63. The normalized spacial score (nSPS) is 15.0. The van der Waals surface area contributed by atoms with Crippen LogP contribution in [0.3, 0.4) is 0 Å². The average Bonchev–Trinajstić information content (AvgIpc) is 3.17. The Labute approximate surface area is 131 Å². The molecule has 0 bridgehead atoms. The van der Waals surface area contributed by atoms with Gasteiger partial charge in [0.1, 0.15) is 0 Å². The van der Waals surface area contributed by atoms with Crippen molar-refractivity contribution in [1.82, 2.24) is 14.0 Å². The molecule has 0 radical (unpaired) electrons. The number of rotatable bonds is 4. The monoisotopic (exact) mass is 291 g/mol. The standard InChI is InChI=1S/C19H21N3/c1-5-21-11-7-9-18(21)16-13-17(15(3)20(4)14-16)19-10-8-12-22(19)6-2/h5-13H,1-2,14H2,3-4H3. The summed E-state index contributed by atoms with van der Waals surface area (Å²) in [5, 5.41) is 0. The van der Waals surface area contributed by atoms with Crippen molar-refractivity contribution in [3.8, 4) is 0 Å². The Morgan fingerprint density at radius 3 is 2.23 bits per heavy atom. The van der Waals surface area contributed by atoms with E-state index in [1.807, 2.05) is 30.9 Å². The van der Waals surface area contributed by atoms with Gasteiger partial charge in [-0.1, -0.05) is 13.2 Å². The fourth-order valence-electron chi connectivity index (χ4n) is 2.92. The summed E-state index contributed by atoms with van der Waals surface area (Å²) in [6.07, 6.45) is 10.0. The third-order valence-corrected chi connectivity index (χ3v) is 4.24. The van der Waals surface area contributed by atoms with Crippen molar-refractivity contribution in [3.63, 3.8) is 0 Å². The van der Waals surface area contributed by atoms with E-state index in [0.29, 0.717) is 0 Å². The molecular weight excluding hydrogens is 270 g/mol. The molecule has 0 aliphatic carbocycles. The molecule has 112 valence electrons. The molecule has 0 aromatic carbocycles. The molecule has 0 saturated carbocycles. The lowest BCUT2D eigenvalue weighted by atomic mass is 9.99. The Bertz CT molecular complexity index is 783. The molecule has 0 fully saturated rings. The van der Waals surface area contributed by atoms with Crippen molar-refractivity contribution in [2.75, 3.05) is 13.6 Å². The minimum atomic E-state index is 0.891. The van der Waals surface area contributed by atoms with E-state index in [-0.39, 0.29) is 0 Å². The maximum Gasteiger partial charge on any atom is 0.0539 e. The lowest BCUT2D eigenvalue weighted by molar-refractivity contribution is 0.470. The highest BCUT2D eigenvalue weighted by Gasteiger charge is 2.19. The van der Waals surface area contributed by atoms with Crippen LogP contribution in [0.2, 0.25) is 0 Å². The van der Waals surface area contributed by atoms with Crippen LogP contribution in [0.25, 0.3) is 23.5 Å². The zero-order valence-electron chi connectivity index (χ0n) is 13.2. The molecule has 2 aromatic rings. The first kappa shape index (κ1) is 14.3. The van der Waals surface area contributed by atoms with Crippen molar-refractivity contribution < 1.29 is 0 Å². The van der Waals surface area contributed by atoms with E-state index < -0.39 is 0 Å². The molecule has 0 saturated heterocycles. The maximum atomic E-state index is 3.89. The van der Waals surface area contributed by atoms with Gasteiger partial charge >= 0.3 is 0 Å². The molecule has 3 nitrogen and oxygen atoms in total. The van der Waals surface area contributed by atoms with E-state index in [9.17, 15) is 0 Å². The van der Waals surface area contributed by atoms with Gasteiger partial charge in [-0.05, 0) is 42.8 Å². The highest BCUT2D eigenvalue weighted by Crippen LogP contribution is 2.32. The molecule has 0 N–H and O–H groups in total. The van der Waals surface area contributed by atoms with E-state index in [1.54, 1.807) is 0 Å². The average molecular weight is 291 g/mol. The lowest BCUT2D eigenvalue weighted by Crippen LogP contribution is -2.23. The minimum absolute atomic E-state index is 0.891. The fraction of sp³-hybridized carbons (Fsp3) is 0.158. The van der Waals surface area contributed by atoms with Crippen LogP contribution < -0.4 is 0 Å². The van der Waals surface area contributed by atoms with Crippen LogP contribution in [0.5, 0.6) is 0 Å². The minimum Gasteiger partial charge on any atom is -0.373 e. The number of allylic oxidation sites excluding steroid dienone is 3. The molecule has 22 heavy (non-hydrogen) atoms. The van der Waals surface area contributed by atoms with E-state index >= 15 is 0 Å². The van der Waals surface area contributed by atoms with E-state index in [1.165, 1.54) is 22.5 Å². The molecular formula is C19H21N3. The summed E-state index contributed by atoms with van der Waals surface area (Å²) < 4.78 is 4.11. The van der Waals surface area contributed by atoms with Gasteiger partial charge in [0.15, 0.2) is 0 Å². The second kappa shape index (κ2) is 5.60. The van der Waals surface area contributed by atoms with Crippen molar-refractivity contribution in [2.24, 2.45) is 0 Å². The summed E-state index contributed by atoms with van der Waals surface area (Å²) in [5.74, 6) is 0. The van der Waals surface area contributed by atoms with Crippen molar-refractivity contribution in [3.05, 3.63) is 73.0 Å². The number of hydrogen-bond donors (Lipinski definition) is 0. The molecule has 1 aliphatic rings. The van der Waals surface area contributed by atoms with E-state index in [2.05, 4.69) is 65.4 Å². The summed E-state index contributed by atoms with van der Waals surface area (Å²) in [4.78, 5) is 2.28. The molecule has 3 rings (SSSR count). The van der Waals surface area contributed by atoms with Gasteiger partial charge in [0.25, 0.3) is 0 Å². The molecule has 3 heterocycles. The molecule has 0 atom stereocenters. The lowest BCUT2D eigenvalue weighted by Gasteiger charge is -2.29. The highest BCUT2D eigenvalue weighted by molar-refractivity contribution is 5.87. The van der Waals surface area contributed by atoms with Crippen LogP contribution in [-0.4, -0.2) is 27.6 Å². The first-order valence-electron chi connectivity index (χ1n) is 7.38. The Hall–Kier alpha value is -2.68. The van der Waals surface area contributed by atoms with Crippen LogP contribution in [-0.2, 0) is 0 Å². The first-order valence-corrected chi connectivity index (χ1v) is 7.38. The largest absolute Gasteiger partial charge is 0.373 e. The van der Waals surface area contributed by atoms with Gasteiger partial charge in [0.05, 0.1) is 5.69 Å². The van der Waals surface area contributed by atoms with Crippen molar-refractivity contribution in [1.29, 1.82) is 0 Å². The van der Waals surface area contributed by atoms with Gasteiger partial charge in [-0.2, -0.15) is 0 Å². The zero-order chi connectivity index (χ0) is 15.7. The van der Waals surface area contributed by atoms with E-state index in [0.717, 1.165) is 12.2 Å². The van der Waals surface area contributed by atoms with E-state index in [4.69, 9.17) is 0 Å². The zero-order valence-corrected chi connectivity index (χ0v) is 13.2. The van der Waals surface area contributed by atoms with Gasteiger partial charge < -0.3 is 14.0 Å². The molecule has 3 heteroatoms. The molecule has 0 unspecified atom stereocenters. The van der Waals surface area contributed by atoms with Gasteiger partial charge in [-0.15, -0.1) is 0 Å². The SMILES string of the molecule is C=Cn1cccc1C1=CC(c2cccn2C=C)=C(C)N(C)C1. The van der Waals surface area contributed by atoms with Crippen LogP contribution in [0.1, 0.15) is 18.3 Å². The van der Waals surface area contributed by atoms with Crippen LogP contribution in [0.4, 0.5) is 0 Å². The molecule has 1 aliphatic heterocycles. The maximum absolute atomic E-state index is 3.89. The van der Waals surface area contributed by atoms with Crippen molar-refractivity contribution in [2.45, 2.75) is 6.92 Å². The Balaban J connectivity index is 2.14. The molecule has 0 spiro atoms.